The molecule has 104 valence electrons. The number of furan rings is 1. The van der Waals surface area contributed by atoms with Crippen molar-refractivity contribution in [1.82, 2.24) is 0 Å². The van der Waals surface area contributed by atoms with Crippen LogP contribution >= 0.6 is 0 Å². The molecule has 0 unspecified atom stereocenters. The highest BCUT2D eigenvalue weighted by atomic mass is 16.4. The monoisotopic (exact) mass is 272 g/mol. The first-order valence-electron chi connectivity index (χ1n) is 6.40. The Morgan fingerprint density at radius 1 is 1.25 bits per heavy atom. The van der Waals surface area contributed by atoms with E-state index < -0.39 is 5.97 Å². The van der Waals surface area contributed by atoms with Crippen molar-refractivity contribution in [2.75, 3.05) is 0 Å². The number of carboxylic acids is 1. The molecule has 2 aromatic rings. The van der Waals surface area contributed by atoms with E-state index in [4.69, 9.17) is 9.52 Å². The summed E-state index contributed by atoms with van der Waals surface area (Å²) in [5.74, 6) is -0.317. The lowest BCUT2D eigenvalue weighted by Gasteiger charge is -2.11. The lowest BCUT2D eigenvalue weighted by Crippen LogP contribution is -2.00. The highest BCUT2D eigenvalue weighted by molar-refractivity contribution is 5.94. The number of benzene rings is 1. The van der Waals surface area contributed by atoms with Crippen molar-refractivity contribution in [3.8, 4) is 0 Å². The van der Waals surface area contributed by atoms with Crippen molar-refractivity contribution in [3.05, 3.63) is 59.0 Å². The van der Waals surface area contributed by atoms with E-state index in [0.717, 1.165) is 5.56 Å². The first-order valence-corrected chi connectivity index (χ1v) is 6.40. The number of hydrogen-bond acceptors (Lipinski definition) is 3. The molecule has 0 amide bonds. The molecular weight excluding hydrogens is 256 g/mol. The molecule has 0 saturated heterocycles. The third kappa shape index (κ3) is 3.15. The molecule has 0 radical (unpaired) electrons. The highest BCUT2D eigenvalue weighted by Gasteiger charge is 2.13. The van der Waals surface area contributed by atoms with Crippen LogP contribution in [-0.2, 0) is 6.42 Å². The van der Waals surface area contributed by atoms with Crippen LogP contribution in [0, 0.1) is 0 Å². The molecule has 20 heavy (non-hydrogen) atoms. The highest BCUT2D eigenvalue weighted by Crippen LogP contribution is 2.22. The molecule has 0 fully saturated rings. The van der Waals surface area contributed by atoms with Gasteiger partial charge in [0.1, 0.15) is 5.76 Å². The molecule has 0 saturated carbocycles. The van der Waals surface area contributed by atoms with Crippen LogP contribution in [0.15, 0.2) is 40.8 Å². The minimum Gasteiger partial charge on any atom is -0.475 e. The number of hydrogen-bond donors (Lipinski definition) is 1. The van der Waals surface area contributed by atoms with Gasteiger partial charge < -0.3 is 9.52 Å². The maximum atomic E-state index is 11.4. The molecule has 0 aliphatic rings. The zero-order chi connectivity index (χ0) is 14.7. The fourth-order valence-corrected chi connectivity index (χ4v) is 2.09. The summed E-state index contributed by atoms with van der Waals surface area (Å²) in [6.45, 7) is 3.55. The Kier molecular flexibility index (Phi) is 4.03. The molecule has 1 atom stereocenters. The summed E-state index contributed by atoms with van der Waals surface area (Å²) in [7, 11) is 0. The summed E-state index contributed by atoms with van der Waals surface area (Å²) >= 11 is 0. The van der Waals surface area contributed by atoms with E-state index in [2.05, 4.69) is 0 Å². The van der Waals surface area contributed by atoms with Gasteiger partial charge in [0, 0.05) is 12.0 Å². The number of rotatable bonds is 5. The Morgan fingerprint density at radius 2 is 2.00 bits per heavy atom. The molecule has 0 aliphatic heterocycles. The van der Waals surface area contributed by atoms with Gasteiger partial charge in [0.05, 0.1) is 0 Å². The summed E-state index contributed by atoms with van der Waals surface area (Å²) in [6, 6.07) is 10.6. The van der Waals surface area contributed by atoms with Crippen LogP contribution < -0.4 is 0 Å². The van der Waals surface area contributed by atoms with E-state index in [-0.39, 0.29) is 17.5 Å². The van der Waals surface area contributed by atoms with Gasteiger partial charge in [-0.1, -0.05) is 25.1 Å². The van der Waals surface area contributed by atoms with Gasteiger partial charge in [-0.05, 0) is 36.6 Å². The van der Waals surface area contributed by atoms with Crippen molar-refractivity contribution < 1.29 is 19.1 Å². The van der Waals surface area contributed by atoms with E-state index >= 15 is 0 Å². The van der Waals surface area contributed by atoms with Crippen LogP contribution in [0.2, 0.25) is 0 Å². The van der Waals surface area contributed by atoms with Gasteiger partial charge in [-0.15, -0.1) is 0 Å². The lowest BCUT2D eigenvalue weighted by atomic mass is 9.94. The van der Waals surface area contributed by atoms with Crippen molar-refractivity contribution in [1.29, 1.82) is 0 Å². The van der Waals surface area contributed by atoms with Crippen molar-refractivity contribution in [2.24, 2.45) is 0 Å². The molecular formula is C16H16O4. The number of Topliss-reactive ketones (excluding diaryl/α,β-unsaturated/α-hetero) is 1. The molecule has 1 aromatic heterocycles. The Morgan fingerprint density at radius 3 is 2.60 bits per heavy atom. The fourth-order valence-electron chi connectivity index (χ4n) is 2.09. The first kappa shape index (κ1) is 14.1. The van der Waals surface area contributed by atoms with E-state index in [1.807, 2.05) is 25.1 Å². The molecule has 4 heteroatoms. The lowest BCUT2D eigenvalue weighted by molar-refractivity contribution is 0.0660. The van der Waals surface area contributed by atoms with Gasteiger partial charge in [0.25, 0.3) is 0 Å². The van der Waals surface area contributed by atoms with Gasteiger partial charge in [-0.3, -0.25) is 4.79 Å². The van der Waals surface area contributed by atoms with Crippen molar-refractivity contribution in [3.63, 3.8) is 0 Å². The Hall–Kier alpha value is -2.36. The van der Waals surface area contributed by atoms with E-state index in [1.165, 1.54) is 13.0 Å². The molecule has 0 spiro atoms. The standard InChI is InChI=1S/C16H16O4/c1-10(8-14-6-7-15(20-14)16(18)19)12-4-3-5-13(9-12)11(2)17/h3-7,9-10H,8H2,1-2H3,(H,18,19)/t10-/m1/s1. The van der Waals surface area contributed by atoms with Crippen LogP contribution in [0.4, 0.5) is 0 Å². The largest absolute Gasteiger partial charge is 0.475 e. The topological polar surface area (TPSA) is 67.5 Å². The fraction of sp³-hybridized carbons (Fsp3) is 0.250. The second-order valence-electron chi connectivity index (χ2n) is 4.86. The predicted molar refractivity (Wildman–Crippen MR) is 74.2 cm³/mol. The Balaban J connectivity index is 2.14. The third-order valence-corrected chi connectivity index (χ3v) is 3.24. The van der Waals surface area contributed by atoms with Gasteiger partial charge >= 0.3 is 5.97 Å². The average molecular weight is 272 g/mol. The molecule has 1 aromatic carbocycles. The van der Waals surface area contributed by atoms with Crippen LogP contribution in [0.25, 0.3) is 0 Å². The second-order valence-corrected chi connectivity index (χ2v) is 4.86. The number of carbonyl (C=O) groups is 2. The molecule has 1 N–H and O–H groups in total. The van der Waals surface area contributed by atoms with E-state index in [9.17, 15) is 9.59 Å². The summed E-state index contributed by atoms with van der Waals surface area (Å²) in [5.41, 5.74) is 1.71. The van der Waals surface area contributed by atoms with Crippen LogP contribution in [-0.4, -0.2) is 16.9 Å². The van der Waals surface area contributed by atoms with Gasteiger partial charge in [0.2, 0.25) is 5.76 Å². The molecule has 1 heterocycles. The van der Waals surface area contributed by atoms with Crippen LogP contribution in [0.3, 0.4) is 0 Å². The Bertz CT molecular complexity index is 639. The van der Waals surface area contributed by atoms with E-state index in [1.54, 1.807) is 12.1 Å². The van der Waals surface area contributed by atoms with Crippen LogP contribution in [0.1, 0.15) is 52.0 Å². The quantitative estimate of drug-likeness (QED) is 0.845. The molecule has 4 nitrogen and oxygen atoms in total. The number of ketones is 1. The second kappa shape index (κ2) is 5.74. The third-order valence-electron chi connectivity index (χ3n) is 3.24. The normalized spacial score (nSPS) is 12.1. The molecule has 0 bridgehead atoms. The smallest absolute Gasteiger partial charge is 0.371 e. The minimum atomic E-state index is -1.07. The molecule has 0 aliphatic carbocycles. The maximum Gasteiger partial charge on any atom is 0.371 e. The van der Waals surface area contributed by atoms with Crippen molar-refractivity contribution in [2.45, 2.75) is 26.2 Å². The number of aromatic carboxylic acids is 1. The summed E-state index contributed by atoms with van der Waals surface area (Å²) in [6.07, 6.45) is 0.592. The SMILES string of the molecule is CC(=O)c1cccc([C@H](C)Cc2ccc(C(=O)O)o2)c1. The Labute approximate surface area is 117 Å². The summed E-state index contributed by atoms with van der Waals surface area (Å²) < 4.78 is 5.25. The first-order chi connectivity index (χ1) is 9.47. The minimum absolute atomic E-state index is 0.0326. The van der Waals surface area contributed by atoms with Gasteiger partial charge in [0.15, 0.2) is 5.78 Å². The molecule has 2 rings (SSSR count). The predicted octanol–water partition coefficient (Wildman–Crippen LogP) is 3.53. The average Bonchev–Trinajstić information content (AvgIpc) is 2.87. The summed E-state index contributed by atoms with van der Waals surface area (Å²) in [4.78, 5) is 22.1. The van der Waals surface area contributed by atoms with E-state index in [0.29, 0.717) is 17.7 Å². The van der Waals surface area contributed by atoms with Gasteiger partial charge in [-0.2, -0.15) is 0 Å². The van der Waals surface area contributed by atoms with Gasteiger partial charge in [-0.25, -0.2) is 4.79 Å². The summed E-state index contributed by atoms with van der Waals surface area (Å²) in [5, 5.41) is 8.82. The van der Waals surface area contributed by atoms with Crippen LogP contribution in [0.5, 0.6) is 0 Å². The zero-order valence-electron chi connectivity index (χ0n) is 11.4. The number of carbonyl (C=O) groups excluding carboxylic acids is 1. The maximum absolute atomic E-state index is 11.4. The number of carboxylic acid groups (broad SMARTS) is 1. The van der Waals surface area contributed by atoms with Crippen molar-refractivity contribution >= 4 is 11.8 Å². The zero-order valence-corrected chi connectivity index (χ0v) is 11.4.